The Balaban J connectivity index is 3.18. The predicted octanol–water partition coefficient (Wildman–Crippen LogP) is 3.41. The van der Waals surface area contributed by atoms with Gasteiger partial charge in [0.2, 0.25) is 0 Å². The van der Waals surface area contributed by atoms with Crippen molar-refractivity contribution in [2.24, 2.45) is 0 Å². The van der Waals surface area contributed by atoms with E-state index < -0.39 is 6.61 Å². The number of alkyl halides is 2. The molecule has 2 nitrogen and oxygen atoms in total. The predicted molar refractivity (Wildman–Crippen MR) is 48.5 cm³/mol. The fourth-order valence-corrected chi connectivity index (χ4v) is 1.34. The van der Waals surface area contributed by atoms with Gasteiger partial charge in [-0.2, -0.15) is 8.78 Å². The lowest BCUT2D eigenvalue weighted by molar-refractivity contribution is -0.0497. The summed E-state index contributed by atoms with van der Waals surface area (Å²) in [4.78, 5) is 10.4. The molecule has 0 N–H and O–H groups in total. The first-order chi connectivity index (χ1) is 6.56. The van der Waals surface area contributed by atoms with Gasteiger partial charge in [-0.15, -0.1) is 0 Å². The Hall–Kier alpha value is -0.870. The van der Waals surface area contributed by atoms with Crippen LogP contribution in [0.25, 0.3) is 0 Å². The second-order valence-corrected chi connectivity index (χ2v) is 3.06. The Morgan fingerprint density at radius 3 is 2.50 bits per heavy atom. The van der Waals surface area contributed by atoms with E-state index in [9.17, 15) is 13.6 Å². The molecule has 0 unspecified atom stereocenters. The highest BCUT2D eigenvalue weighted by Crippen LogP contribution is 2.35. The van der Waals surface area contributed by atoms with Crippen LogP contribution in [0.15, 0.2) is 12.1 Å². The molecule has 0 atom stereocenters. The normalized spacial score (nSPS) is 10.4. The molecule has 0 aliphatic carbocycles. The van der Waals surface area contributed by atoms with Gasteiger partial charge in [0, 0.05) is 5.56 Å². The monoisotopic (exact) mass is 240 g/mol. The van der Waals surface area contributed by atoms with Crippen molar-refractivity contribution in [3.05, 3.63) is 27.7 Å². The molecule has 14 heavy (non-hydrogen) atoms. The molecule has 0 fully saturated rings. The lowest BCUT2D eigenvalue weighted by Crippen LogP contribution is -2.03. The Morgan fingerprint density at radius 2 is 2.00 bits per heavy atom. The molecule has 76 valence electrons. The van der Waals surface area contributed by atoms with Crippen LogP contribution in [0.1, 0.15) is 10.4 Å². The molecule has 0 aromatic heterocycles. The van der Waals surface area contributed by atoms with Crippen LogP contribution in [0.2, 0.25) is 10.0 Å². The highest BCUT2D eigenvalue weighted by Gasteiger charge is 2.15. The summed E-state index contributed by atoms with van der Waals surface area (Å²) in [6, 6.07) is 2.57. The van der Waals surface area contributed by atoms with Gasteiger partial charge in [0.05, 0.1) is 10.0 Å². The molecule has 0 bridgehead atoms. The van der Waals surface area contributed by atoms with E-state index >= 15 is 0 Å². The van der Waals surface area contributed by atoms with Crippen molar-refractivity contribution in [2.45, 2.75) is 6.61 Å². The number of hydrogen-bond acceptors (Lipinski definition) is 2. The minimum absolute atomic E-state index is 0.0479. The van der Waals surface area contributed by atoms with Gasteiger partial charge in [-0.3, -0.25) is 4.79 Å². The Morgan fingerprint density at radius 1 is 1.36 bits per heavy atom. The number of carbonyl (C=O) groups is 1. The third kappa shape index (κ3) is 2.33. The summed E-state index contributed by atoms with van der Waals surface area (Å²) in [5.41, 5.74) is 0.0479. The number of rotatable bonds is 3. The first-order valence-electron chi connectivity index (χ1n) is 3.44. The van der Waals surface area contributed by atoms with Crippen LogP contribution in [0.5, 0.6) is 5.75 Å². The fourth-order valence-electron chi connectivity index (χ4n) is 0.836. The zero-order valence-electron chi connectivity index (χ0n) is 6.64. The summed E-state index contributed by atoms with van der Waals surface area (Å²) in [5.74, 6) is -0.382. The van der Waals surface area contributed by atoms with Crippen molar-refractivity contribution in [1.29, 1.82) is 0 Å². The summed E-state index contributed by atoms with van der Waals surface area (Å²) in [7, 11) is 0. The Labute approximate surface area is 88.4 Å². The average Bonchev–Trinajstić information content (AvgIpc) is 2.12. The zero-order chi connectivity index (χ0) is 10.7. The van der Waals surface area contributed by atoms with E-state index in [0.29, 0.717) is 6.29 Å². The molecule has 6 heteroatoms. The molecule has 1 rings (SSSR count). The molecule has 0 spiro atoms. The summed E-state index contributed by atoms with van der Waals surface area (Å²) in [6.07, 6.45) is 0.428. The topological polar surface area (TPSA) is 26.3 Å². The third-order valence-corrected chi connectivity index (χ3v) is 2.10. The van der Waals surface area contributed by atoms with Crippen LogP contribution in [0.3, 0.4) is 0 Å². The molecule has 0 radical (unpaired) electrons. The van der Waals surface area contributed by atoms with Crippen LogP contribution in [-0.2, 0) is 0 Å². The summed E-state index contributed by atoms with van der Waals surface area (Å²) in [5, 5.41) is -0.284. The highest BCUT2D eigenvalue weighted by atomic mass is 35.5. The highest BCUT2D eigenvalue weighted by molar-refractivity contribution is 6.38. The van der Waals surface area contributed by atoms with Crippen molar-refractivity contribution < 1.29 is 18.3 Å². The van der Waals surface area contributed by atoms with E-state index in [2.05, 4.69) is 4.74 Å². The second-order valence-electron chi connectivity index (χ2n) is 2.28. The van der Waals surface area contributed by atoms with Crippen molar-refractivity contribution in [3.8, 4) is 5.75 Å². The smallest absolute Gasteiger partial charge is 0.387 e. The average molecular weight is 241 g/mol. The third-order valence-electron chi connectivity index (χ3n) is 1.41. The second kappa shape index (κ2) is 4.57. The molecular formula is C8H4Cl2F2O2. The van der Waals surface area contributed by atoms with Crippen LogP contribution in [-0.4, -0.2) is 12.9 Å². The molecule has 1 aromatic carbocycles. The molecule has 0 heterocycles. The quantitative estimate of drug-likeness (QED) is 0.758. The van der Waals surface area contributed by atoms with Gasteiger partial charge in [-0.25, -0.2) is 0 Å². The van der Waals surface area contributed by atoms with Crippen molar-refractivity contribution in [3.63, 3.8) is 0 Å². The van der Waals surface area contributed by atoms with Gasteiger partial charge in [-0.05, 0) is 12.1 Å². The number of carbonyl (C=O) groups excluding carboxylic acids is 1. The lowest BCUT2D eigenvalue weighted by Gasteiger charge is -2.09. The van der Waals surface area contributed by atoms with Gasteiger partial charge < -0.3 is 4.74 Å². The number of halogens is 4. The van der Waals surface area contributed by atoms with Gasteiger partial charge in [0.1, 0.15) is 0 Å². The van der Waals surface area contributed by atoms with E-state index in [1.807, 2.05) is 0 Å². The van der Waals surface area contributed by atoms with Gasteiger partial charge in [0.15, 0.2) is 12.0 Å². The van der Waals surface area contributed by atoms with Crippen molar-refractivity contribution >= 4 is 29.5 Å². The maximum absolute atomic E-state index is 11.9. The van der Waals surface area contributed by atoms with Crippen molar-refractivity contribution in [1.82, 2.24) is 0 Å². The SMILES string of the molecule is O=Cc1ccc(Cl)c(OC(F)F)c1Cl. The van der Waals surface area contributed by atoms with E-state index in [1.54, 1.807) is 0 Å². The van der Waals surface area contributed by atoms with E-state index in [1.165, 1.54) is 12.1 Å². The molecule has 0 aliphatic heterocycles. The van der Waals surface area contributed by atoms with Gasteiger partial charge in [0.25, 0.3) is 0 Å². The summed E-state index contributed by atoms with van der Waals surface area (Å²) in [6.45, 7) is -3.04. The minimum atomic E-state index is -3.04. The lowest BCUT2D eigenvalue weighted by atomic mass is 10.2. The maximum Gasteiger partial charge on any atom is 0.387 e. The molecule has 0 saturated carbocycles. The standard InChI is InChI=1S/C8H4Cl2F2O2/c9-5-2-1-4(3-13)6(10)7(5)14-8(11)12/h1-3,8H. The first-order valence-corrected chi connectivity index (χ1v) is 4.20. The number of aldehydes is 1. The molecule has 1 aromatic rings. The van der Waals surface area contributed by atoms with Crippen LogP contribution in [0, 0.1) is 0 Å². The Kier molecular flexibility index (Phi) is 3.66. The molecule has 0 amide bonds. The van der Waals surface area contributed by atoms with E-state index in [0.717, 1.165) is 0 Å². The minimum Gasteiger partial charge on any atom is -0.432 e. The molecule has 0 saturated heterocycles. The number of benzene rings is 1. The van der Waals surface area contributed by atoms with Gasteiger partial charge >= 0.3 is 6.61 Å². The summed E-state index contributed by atoms with van der Waals surface area (Å²) >= 11 is 11.1. The Bertz CT molecular complexity index is 355. The molecular weight excluding hydrogens is 237 g/mol. The number of hydrogen-bond donors (Lipinski definition) is 0. The molecule has 0 aliphatic rings. The fraction of sp³-hybridized carbons (Fsp3) is 0.125. The summed E-state index contributed by atoms with van der Waals surface area (Å²) < 4.78 is 27.8. The number of ether oxygens (including phenoxy) is 1. The van der Waals surface area contributed by atoms with Crippen LogP contribution in [0.4, 0.5) is 8.78 Å². The zero-order valence-corrected chi connectivity index (χ0v) is 8.15. The van der Waals surface area contributed by atoms with Crippen LogP contribution >= 0.6 is 23.2 Å². The van der Waals surface area contributed by atoms with E-state index in [-0.39, 0.29) is 21.4 Å². The van der Waals surface area contributed by atoms with Gasteiger partial charge in [-0.1, -0.05) is 23.2 Å². The largest absolute Gasteiger partial charge is 0.432 e. The van der Waals surface area contributed by atoms with Crippen molar-refractivity contribution in [2.75, 3.05) is 0 Å². The first kappa shape index (κ1) is 11.2. The maximum atomic E-state index is 11.9. The van der Waals surface area contributed by atoms with E-state index in [4.69, 9.17) is 23.2 Å². The van der Waals surface area contributed by atoms with Crippen LogP contribution < -0.4 is 4.74 Å².